The van der Waals surface area contributed by atoms with E-state index in [4.69, 9.17) is 0 Å². The normalized spacial score (nSPS) is 24.1. The van der Waals surface area contributed by atoms with Crippen LogP contribution in [0.25, 0.3) is 0 Å². The molecule has 1 aliphatic carbocycles. The number of aryl methyl sites for hydroxylation is 2. The van der Waals surface area contributed by atoms with Gasteiger partial charge in [-0.2, -0.15) is 4.31 Å². The predicted octanol–water partition coefficient (Wildman–Crippen LogP) is 2.51. The number of benzene rings is 1. The minimum atomic E-state index is -3.61. The molecule has 1 aliphatic heterocycles. The van der Waals surface area contributed by atoms with Gasteiger partial charge in [-0.15, -0.1) is 0 Å². The van der Waals surface area contributed by atoms with Crippen molar-refractivity contribution in [3.8, 4) is 0 Å². The zero-order chi connectivity index (χ0) is 22.1. The van der Waals surface area contributed by atoms with Crippen molar-refractivity contribution in [2.75, 3.05) is 23.7 Å². The molecule has 1 N–H and O–H groups in total. The molecule has 0 radical (unpaired) electrons. The van der Waals surface area contributed by atoms with Crippen LogP contribution in [0.2, 0.25) is 0 Å². The van der Waals surface area contributed by atoms with Crippen molar-refractivity contribution >= 4 is 27.5 Å². The topological polar surface area (TPSA) is 86.8 Å². The lowest BCUT2D eigenvalue weighted by Gasteiger charge is -2.47. The highest BCUT2D eigenvalue weighted by Crippen LogP contribution is 2.32. The summed E-state index contributed by atoms with van der Waals surface area (Å²) in [5.74, 6) is -0.788. The van der Waals surface area contributed by atoms with E-state index in [9.17, 15) is 18.0 Å². The van der Waals surface area contributed by atoms with Crippen LogP contribution in [0.5, 0.6) is 0 Å². The van der Waals surface area contributed by atoms with Gasteiger partial charge in [-0.1, -0.05) is 25.3 Å². The Bertz CT molecular complexity index is 924. The minimum Gasteiger partial charge on any atom is -0.351 e. The van der Waals surface area contributed by atoms with Crippen LogP contribution >= 0.6 is 0 Å². The van der Waals surface area contributed by atoms with E-state index in [0.29, 0.717) is 5.69 Å². The lowest BCUT2D eigenvalue weighted by Crippen LogP contribution is -2.71. The van der Waals surface area contributed by atoms with Crippen LogP contribution in [0.3, 0.4) is 0 Å². The highest BCUT2D eigenvalue weighted by atomic mass is 32.2. The van der Waals surface area contributed by atoms with Crippen LogP contribution < -0.4 is 10.2 Å². The number of amides is 2. The van der Waals surface area contributed by atoms with Gasteiger partial charge in [0, 0.05) is 18.3 Å². The summed E-state index contributed by atoms with van der Waals surface area (Å²) in [5, 5.41) is 3.11. The van der Waals surface area contributed by atoms with Crippen LogP contribution in [-0.4, -0.2) is 55.0 Å². The number of anilines is 1. The molecule has 1 heterocycles. The maximum atomic E-state index is 13.5. The van der Waals surface area contributed by atoms with Gasteiger partial charge in [0.05, 0.1) is 12.3 Å². The number of hydrogen-bond acceptors (Lipinski definition) is 4. The average Bonchev–Trinajstić information content (AvgIpc) is 2.70. The number of carbonyl (C=O) groups excluding carboxylic acids is 2. The SMILES string of the molecule is CCS(=O)(=O)N1CC(=O)N(c2ccc(C)c(C)c2)C(C)(C(=O)NC2CCCCC2)C1. The molecule has 2 amide bonds. The Morgan fingerprint density at radius 2 is 1.83 bits per heavy atom. The van der Waals surface area contributed by atoms with Crippen molar-refractivity contribution < 1.29 is 18.0 Å². The monoisotopic (exact) mass is 435 g/mol. The average molecular weight is 436 g/mol. The quantitative estimate of drug-likeness (QED) is 0.770. The molecule has 0 spiro atoms. The molecule has 1 atom stereocenters. The lowest BCUT2D eigenvalue weighted by molar-refractivity contribution is -0.133. The third-order valence-corrected chi connectivity index (χ3v) is 8.25. The second kappa shape index (κ2) is 8.67. The summed E-state index contributed by atoms with van der Waals surface area (Å²) < 4.78 is 26.3. The Balaban J connectivity index is 2.00. The van der Waals surface area contributed by atoms with Gasteiger partial charge in [0.15, 0.2) is 0 Å². The first-order chi connectivity index (χ1) is 14.1. The summed E-state index contributed by atoms with van der Waals surface area (Å²) in [7, 11) is -3.61. The fourth-order valence-corrected chi connectivity index (χ4v) is 5.52. The number of carbonyl (C=O) groups is 2. The second-order valence-corrected chi connectivity index (χ2v) is 11.0. The molecule has 0 bridgehead atoms. The smallest absolute Gasteiger partial charge is 0.247 e. The first kappa shape index (κ1) is 22.7. The van der Waals surface area contributed by atoms with E-state index in [1.807, 2.05) is 32.0 Å². The molecule has 7 nitrogen and oxygen atoms in total. The van der Waals surface area contributed by atoms with E-state index in [-0.39, 0.29) is 36.7 Å². The summed E-state index contributed by atoms with van der Waals surface area (Å²) >= 11 is 0. The van der Waals surface area contributed by atoms with Gasteiger partial charge in [0.1, 0.15) is 5.54 Å². The first-order valence-electron chi connectivity index (χ1n) is 10.8. The van der Waals surface area contributed by atoms with Crippen LogP contribution in [0.1, 0.15) is 57.1 Å². The van der Waals surface area contributed by atoms with Gasteiger partial charge < -0.3 is 5.32 Å². The predicted molar refractivity (Wildman–Crippen MR) is 118 cm³/mol. The fraction of sp³-hybridized carbons (Fsp3) is 0.636. The van der Waals surface area contributed by atoms with Gasteiger partial charge in [-0.25, -0.2) is 8.42 Å². The molecule has 2 fully saturated rings. The molecule has 1 saturated heterocycles. The molecule has 2 aliphatic rings. The summed E-state index contributed by atoms with van der Waals surface area (Å²) in [6.45, 7) is 6.86. The molecule has 166 valence electrons. The van der Waals surface area contributed by atoms with Gasteiger partial charge >= 0.3 is 0 Å². The fourth-order valence-electron chi connectivity index (χ4n) is 4.40. The Morgan fingerprint density at radius 1 is 1.17 bits per heavy atom. The van der Waals surface area contributed by atoms with E-state index in [1.165, 1.54) is 11.3 Å². The standard InChI is InChI=1S/C22H33N3O4S/c1-5-30(28,29)24-14-20(26)25(19-12-11-16(2)17(3)13-19)22(4,15-24)21(27)23-18-9-7-6-8-10-18/h11-13,18H,5-10,14-15H2,1-4H3,(H,23,27). The largest absolute Gasteiger partial charge is 0.351 e. The Hall–Kier alpha value is -1.93. The van der Waals surface area contributed by atoms with E-state index in [0.717, 1.165) is 41.1 Å². The van der Waals surface area contributed by atoms with E-state index < -0.39 is 15.6 Å². The summed E-state index contributed by atoms with van der Waals surface area (Å²) in [6, 6.07) is 5.71. The lowest BCUT2D eigenvalue weighted by atomic mass is 9.91. The maximum Gasteiger partial charge on any atom is 0.247 e. The van der Waals surface area contributed by atoms with Crippen molar-refractivity contribution in [1.29, 1.82) is 0 Å². The van der Waals surface area contributed by atoms with E-state index in [1.54, 1.807) is 13.8 Å². The summed E-state index contributed by atoms with van der Waals surface area (Å²) in [4.78, 5) is 28.2. The van der Waals surface area contributed by atoms with Crippen LogP contribution in [0.15, 0.2) is 18.2 Å². The number of rotatable bonds is 5. The minimum absolute atomic E-state index is 0.0552. The zero-order valence-electron chi connectivity index (χ0n) is 18.4. The molecule has 8 heteroatoms. The van der Waals surface area contributed by atoms with E-state index in [2.05, 4.69) is 5.32 Å². The molecular weight excluding hydrogens is 402 g/mol. The van der Waals surface area contributed by atoms with Crippen molar-refractivity contribution in [2.24, 2.45) is 0 Å². The van der Waals surface area contributed by atoms with Crippen molar-refractivity contribution in [1.82, 2.24) is 9.62 Å². The molecule has 3 rings (SSSR count). The van der Waals surface area contributed by atoms with E-state index >= 15 is 0 Å². The summed E-state index contributed by atoms with van der Waals surface area (Å²) in [6.07, 6.45) is 5.13. The Morgan fingerprint density at radius 3 is 2.43 bits per heavy atom. The maximum absolute atomic E-state index is 13.5. The van der Waals surface area contributed by atoms with Crippen molar-refractivity contribution in [3.05, 3.63) is 29.3 Å². The molecule has 1 aromatic carbocycles. The van der Waals surface area contributed by atoms with Gasteiger partial charge in [0.25, 0.3) is 0 Å². The highest BCUT2D eigenvalue weighted by molar-refractivity contribution is 7.89. The highest BCUT2D eigenvalue weighted by Gasteiger charge is 2.51. The summed E-state index contributed by atoms with van der Waals surface area (Å²) in [5.41, 5.74) is 1.40. The van der Waals surface area contributed by atoms with Gasteiger partial charge in [0.2, 0.25) is 21.8 Å². The molecule has 1 unspecified atom stereocenters. The number of nitrogens with one attached hydrogen (secondary N) is 1. The van der Waals surface area contributed by atoms with Crippen LogP contribution in [0.4, 0.5) is 5.69 Å². The van der Waals surface area contributed by atoms with Gasteiger partial charge in [-0.3, -0.25) is 14.5 Å². The zero-order valence-corrected chi connectivity index (χ0v) is 19.2. The van der Waals surface area contributed by atoms with Crippen LogP contribution in [0, 0.1) is 13.8 Å². The third kappa shape index (κ3) is 4.39. The van der Waals surface area contributed by atoms with Crippen LogP contribution in [-0.2, 0) is 19.6 Å². The molecule has 30 heavy (non-hydrogen) atoms. The molecule has 1 saturated carbocycles. The van der Waals surface area contributed by atoms with Gasteiger partial charge in [-0.05, 0) is 63.8 Å². The number of nitrogens with zero attached hydrogens (tertiary/aromatic N) is 2. The van der Waals surface area contributed by atoms with Crippen molar-refractivity contribution in [3.63, 3.8) is 0 Å². The number of piperazine rings is 1. The second-order valence-electron chi connectivity index (χ2n) is 8.75. The first-order valence-corrected chi connectivity index (χ1v) is 12.4. The number of sulfonamides is 1. The third-order valence-electron chi connectivity index (χ3n) is 6.48. The molecule has 0 aromatic heterocycles. The molecule has 1 aromatic rings. The Kier molecular flexibility index (Phi) is 6.57. The van der Waals surface area contributed by atoms with Crippen molar-refractivity contribution in [2.45, 2.75) is 71.4 Å². The Labute approximate surface area is 179 Å². The molecular formula is C22H33N3O4S. The number of hydrogen-bond donors (Lipinski definition) is 1.